The van der Waals surface area contributed by atoms with Gasteiger partial charge in [-0.15, -0.1) is 12.4 Å². The average molecular weight is 286 g/mol. The van der Waals surface area contributed by atoms with E-state index in [4.69, 9.17) is 4.74 Å². The van der Waals surface area contributed by atoms with Crippen molar-refractivity contribution in [1.29, 1.82) is 0 Å². The van der Waals surface area contributed by atoms with Crippen LogP contribution in [0.15, 0.2) is 12.1 Å². The van der Waals surface area contributed by atoms with Gasteiger partial charge >= 0.3 is 0 Å². The molecule has 1 aliphatic rings. The third-order valence-electron chi connectivity index (χ3n) is 3.17. The van der Waals surface area contributed by atoms with Gasteiger partial charge in [0.1, 0.15) is 0 Å². The van der Waals surface area contributed by atoms with E-state index in [-0.39, 0.29) is 24.2 Å². The van der Waals surface area contributed by atoms with Crippen molar-refractivity contribution >= 4 is 24.1 Å². The summed E-state index contributed by atoms with van der Waals surface area (Å²) in [5, 5.41) is 6.11. The number of aromatic nitrogens is 1. The van der Waals surface area contributed by atoms with E-state index < -0.39 is 0 Å². The molecule has 0 radical (unpaired) electrons. The molecule has 1 aromatic rings. The number of hydrogen-bond donors (Lipinski definition) is 2. The monoisotopic (exact) mass is 285 g/mol. The van der Waals surface area contributed by atoms with Crippen LogP contribution < -0.4 is 15.4 Å². The van der Waals surface area contributed by atoms with Gasteiger partial charge in [0, 0.05) is 11.6 Å². The van der Waals surface area contributed by atoms with Crippen molar-refractivity contribution in [3.8, 4) is 5.75 Å². The second-order valence-corrected chi connectivity index (χ2v) is 4.52. The maximum absolute atomic E-state index is 12.1. The largest absolute Gasteiger partial charge is 0.493 e. The van der Waals surface area contributed by atoms with Gasteiger partial charge < -0.3 is 15.4 Å². The molecule has 0 spiro atoms. The highest BCUT2D eigenvalue weighted by Crippen LogP contribution is 2.23. The van der Waals surface area contributed by atoms with Gasteiger partial charge in [-0.1, -0.05) is 0 Å². The van der Waals surface area contributed by atoms with Crippen molar-refractivity contribution in [3.05, 3.63) is 17.8 Å². The van der Waals surface area contributed by atoms with Gasteiger partial charge in [-0.05, 0) is 45.0 Å². The zero-order chi connectivity index (χ0) is 13.0. The van der Waals surface area contributed by atoms with E-state index in [0.717, 1.165) is 31.6 Å². The summed E-state index contributed by atoms with van der Waals surface area (Å²) >= 11 is 0. The van der Waals surface area contributed by atoms with Crippen LogP contribution >= 0.6 is 12.4 Å². The lowest BCUT2D eigenvalue weighted by molar-refractivity contribution is -0.120. The van der Waals surface area contributed by atoms with E-state index in [0.29, 0.717) is 11.6 Å². The summed E-state index contributed by atoms with van der Waals surface area (Å²) < 4.78 is 5.20. The predicted octanol–water partition coefficient (Wildman–Crippen LogP) is 1.76. The van der Waals surface area contributed by atoms with Gasteiger partial charge in [-0.25, -0.2) is 4.98 Å². The molecule has 0 atom stereocenters. The Labute approximate surface area is 119 Å². The molecule has 2 N–H and O–H groups in total. The first-order valence-electron chi connectivity index (χ1n) is 6.24. The van der Waals surface area contributed by atoms with Crippen LogP contribution in [0.25, 0.3) is 0 Å². The quantitative estimate of drug-likeness (QED) is 0.888. The third-order valence-corrected chi connectivity index (χ3v) is 3.17. The minimum absolute atomic E-state index is 0. The smallest absolute Gasteiger partial charge is 0.228 e. The first-order chi connectivity index (χ1) is 8.70. The fourth-order valence-corrected chi connectivity index (χ4v) is 2.10. The molecule has 1 amide bonds. The average Bonchev–Trinajstić information content (AvgIpc) is 2.40. The van der Waals surface area contributed by atoms with Crippen LogP contribution in [0.3, 0.4) is 0 Å². The number of ether oxygens (including phenoxy) is 1. The number of anilines is 1. The minimum atomic E-state index is 0. The Kier molecular flexibility index (Phi) is 6.05. The Balaban J connectivity index is 0.00000180. The number of carbonyl (C=O) groups excluding carboxylic acids is 1. The zero-order valence-corrected chi connectivity index (χ0v) is 12.0. The van der Waals surface area contributed by atoms with Crippen molar-refractivity contribution in [2.75, 3.05) is 25.5 Å². The van der Waals surface area contributed by atoms with Crippen molar-refractivity contribution in [2.45, 2.75) is 19.8 Å². The fourth-order valence-electron chi connectivity index (χ4n) is 2.10. The molecule has 1 fully saturated rings. The number of halogens is 1. The standard InChI is InChI=1S/C13H19N3O2.ClH/c1-9-3-4-11(18-2)12(15-9)16-13(17)10-5-7-14-8-6-10;/h3-4,10,14H,5-8H2,1-2H3,(H,15,16,17);1H. The number of nitrogens with zero attached hydrogens (tertiary/aromatic N) is 1. The summed E-state index contributed by atoms with van der Waals surface area (Å²) in [6.07, 6.45) is 1.75. The zero-order valence-electron chi connectivity index (χ0n) is 11.2. The first kappa shape index (κ1) is 15.7. The molecule has 1 saturated heterocycles. The number of rotatable bonds is 3. The van der Waals surface area contributed by atoms with Crippen LogP contribution in [-0.4, -0.2) is 31.1 Å². The number of pyridine rings is 1. The highest BCUT2D eigenvalue weighted by molar-refractivity contribution is 5.93. The molecule has 0 aliphatic carbocycles. The maximum atomic E-state index is 12.1. The topological polar surface area (TPSA) is 63.2 Å². The van der Waals surface area contributed by atoms with Crippen LogP contribution in [-0.2, 0) is 4.79 Å². The molecule has 1 aromatic heterocycles. The van der Waals surface area contributed by atoms with E-state index in [1.54, 1.807) is 7.11 Å². The molecule has 1 aliphatic heterocycles. The molecule has 0 bridgehead atoms. The van der Waals surface area contributed by atoms with Crippen LogP contribution in [0.5, 0.6) is 5.75 Å². The SMILES string of the molecule is COc1ccc(C)nc1NC(=O)C1CCNCC1.Cl. The lowest BCUT2D eigenvalue weighted by atomic mass is 9.97. The van der Waals surface area contributed by atoms with E-state index >= 15 is 0 Å². The lowest BCUT2D eigenvalue weighted by Crippen LogP contribution is -2.34. The first-order valence-corrected chi connectivity index (χ1v) is 6.24. The molecular formula is C13H20ClN3O2. The van der Waals surface area contributed by atoms with Gasteiger partial charge in [-0.3, -0.25) is 4.79 Å². The van der Waals surface area contributed by atoms with Gasteiger partial charge in [0.2, 0.25) is 5.91 Å². The minimum Gasteiger partial charge on any atom is -0.493 e. The number of methoxy groups -OCH3 is 1. The molecule has 2 heterocycles. The van der Waals surface area contributed by atoms with Crippen LogP contribution in [0, 0.1) is 12.8 Å². The normalized spacial score (nSPS) is 15.5. The van der Waals surface area contributed by atoms with Crippen molar-refractivity contribution < 1.29 is 9.53 Å². The predicted molar refractivity (Wildman–Crippen MR) is 77.0 cm³/mol. The molecule has 6 heteroatoms. The number of piperidine rings is 1. The molecule has 5 nitrogen and oxygen atoms in total. The van der Waals surface area contributed by atoms with Crippen LogP contribution in [0.2, 0.25) is 0 Å². The Morgan fingerprint density at radius 2 is 2.11 bits per heavy atom. The Bertz CT molecular complexity index is 434. The summed E-state index contributed by atoms with van der Waals surface area (Å²) in [5.41, 5.74) is 0.858. The van der Waals surface area contributed by atoms with Crippen LogP contribution in [0.4, 0.5) is 5.82 Å². The summed E-state index contributed by atoms with van der Waals surface area (Å²) in [6.45, 7) is 3.69. The van der Waals surface area contributed by atoms with Gasteiger partial charge in [0.25, 0.3) is 0 Å². The van der Waals surface area contributed by atoms with Crippen LogP contribution in [0.1, 0.15) is 18.5 Å². The van der Waals surface area contributed by atoms with Crippen molar-refractivity contribution in [1.82, 2.24) is 10.3 Å². The van der Waals surface area contributed by atoms with E-state index in [9.17, 15) is 4.79 Å². The molecule has 106 valence electrons. The summed E-state index contributed by atoms with van der Waals surface area (Å²) in [5.74, 6) is 1.22. The number of nitrogens with one attached hydrogen (secondary N) is 2. The lowest BCUT2D eigenvalue weighted by Gasteiger charge is -2.22. The van der Waals surface area contributed by atoms with Gasteiger partial charge in [0.05, 0.1) is 7.11 Å². The second-order valence-electron chi connectivity index (χ2n) is 4.52. The van der Waals surface area contributed by atoms with Gasteiger partial charge in [0.15, 0.2) is 11.6 Å². The third kappa shape index (κ3) is 4.08. The number of aryl methyl sites for hydroxylation is 1. The number of carbonyl (C=O) groups is 1. The molecule has 2 rings (SSSR count). The highest BCUT2D eigenvalue weighted by atomic mass is 35.5. The fraction of sp³-hybridized carbons (Fsp3) is 0.538. The number of amides is 1. The van der Waals surface area contributed by atoms with E-state index in [1.165, 1.54) is 0 Å². The molecule has 0 saturated carbocycles. The highest BCUT2D eigenvalue weighted by Gasteiger charge is 2.22. The molecule has 0 unspecified atom stereocenters. The number of hydrogen-bond acceptors (Lipinski definition) is 4. The Morgan fingerprint density at radius 3 is 2.74 bits per heavy atom. The summed E-state index contributed by atoms with van der Waals surface area (Å²) in [6, 6.07) is 3.68. The molecule has 0 aromatic carbocycles. The molecular weight excluding hydrogens is 266 g/mol. The second kappa shape index (κ2) is 7.31. The Hall–Kier alpha value is -1.33. The summed E-state index contributed by atoms with van der Waals surface area (Å²) in [4.78, 5) is 16.4. The molecule has 19 heavy (non-hydrogen) atoms. The van der Waals surface area contributed by atoms with E-state index in [2.05, 4.69) is 15.6 Å². The Morgan fingerprint density at radius 1 is 1.42 bits per heavy atom. The van der Waals surface area contributed by atoms with Gasteiger partial charge in [-0.2, -0.15) is 0 Å². The van der Waals surface area contributed by atoms with Crippen molar-refractivity contribution in [3.63, 3.8) is 0 Å². The van der Waals surface area contributed by atoms with Crippen molar-refractivity contribution in [2.24, 2.45) is 5.92 Å². The maximum Gasteiger partial charge on any atom is 0.228 e. The summed E-state index contributed by atoms with van der Waals surface area (Å²) in [7, 11) is 1.58. The van der Waals surface area contributed by atoms with E-state index in [1.807, 2.05) is 19.1 Å².